The Morgan fingerprint density at radius 1 is 1.19 bits per heavy atom. The number of rotatable bonds is 5. The number of fused-ring (bicyclic) bond motifs is 1. The van der Waals surface area contributed by atoms with Gasteiger partial charge in [-0.3, -0.25) is 0 Å². The molecule has 9 heteroatoms. The molecular weight excluding hydrogens is 357 g/mol. The van der Waals surface area contributed by atoms with Crippen LogP contribution in [0.25, 0.3) is 11.0 Å². The summed E-state index contributed by atoms with van der Waals surface area (Å²) in [6, 6.07) is 4.33. The second kappa shape index (κ2) is 6.97. The lowest BCUT2D eigenvalue weighted by Crippen LogP contribution is -2.40. The second-order valence-electron chi connectivity index (χ2n) is 6.65. The van der Waals surface area contributed by atoms with Crippen molar-refractivity contribution in [1.82, 2.24) is 19.9 Å². The number of benzene rings is 1. The first kappa shape index (κ1) is 18.2. The summed E-state index contributed by atoms with van der Waals surface area (Å²) >= 11 is 5.84. The third-order valence-electron chi connectivity index (χ3n) is 3.54. The molecule has 4 N–H and O–H groups in total. The molecule has 0 unspecified atom stereocenters. The van der Waals surface area contributed by atoms with E-state index in [2.05, 4.69) is 30.6 Å². The van der Waals surface area contributed by atoms with Gasteiger partial charge < -0.3 is 16.4 Å². The van der Waals surface area contributed by atoms with Crippen molar-refractivity contribution >= 4 is 40.1 Å². The first-order valence-corrected chi connectivity index (χ1v) is 8.35. The van der Waals surface area contributed by atoms with Crippen LogP contribution in [-0.2, 0) is 0 Å². The number of aromatic nitrogens is 4. The molecule has 0 amide bonds. The zero-order valence-electron chi connectivity index (χ0n) is 14.6. The van der Waals surface area contributed by atoms with Crippen LogP contribution in [0.3, 0.4) is 0 Å². The fraction of sp³-hybridized carbons (Fsp3) is 0.294. The summed E-state index contributed by atoms with van der Waals surface area (Å²) in [5.41, 5.74) is 8.03. The molecular formula is C17H19ClFN7. The van der Waals surface area contributed by atoms with E-state index in [0.29, 0.717) is 40.7 Å². The topological polar surface area (TPSA) is 102 Å². The van der Waals surface area contributed by atoms with E-state index in [0.717, 1.165) is 0 Å². The standard InChI is InChI=1S/C17H19ClFN7/c1-9-13-14(26-16(24-9)21-7-17(2,3)20)15(23-8-22-13)25-10-4-5-12(19)11(18)6-10/h4-6,8H,7,20H2,1-3H3,(H,21,24,26)(H,22,23,25). The van der Waals surface area contributed by atoms with Crippen LogP contribution in [-0.4, -0.2) is 32.0 Å². The van der Waals surface area contributed by atoms with E-state index in [1.807, 2.05) is 20.8 Å². The number of anilines is 3. The minimum Gasteiger partial charge on any atom is -0.352 e. The molecule has 0 fully saturated rings. The lowest BCUT2D eigenvalue weighted by atomic mass is 10.1. The highest BCUT2D eigenvalue weighted by atomic mass is 35.5. The van der Waals surface area contributed by atoms with Crippen LogP contribution in [0, 0.1) is 12.7 Å². The van der Waals surface area contributed by atoms with Gasteiger partial charge in [-0.15, -0.1) is 0 Å². The van der Waals surface area contributed by atoms with Crippen molar-refractivity contribution < 1.29 is 4.39 Å². The van der Waals surface area contributed by atoms with Gasteiger partial charge in [0.1, 0.15) is 23.2 Å². The van der Waals surface area contributed by atoms with Crippen LogP contribution in [0.15, 0.2) is 24.5 Å². The molecule has 1 aromatic carbocycles. The predicted octanol–water partition coefficient (Wildman–Crippen LogP) is 3.41. The van der Waals surface area contributed by atoms with Crippen LogP contribution in [0.5, 0.6) is 0 Å². The van der Waals surface area contributed by atoms with E-state index < -0.39 is 11.4 Å². The minimum atomic E-state index is -0.487. The van der Waals surface area contributed by atoms with Crippen LogP contribution in [0.4, 0.5) is 21.8 Å². The number of nitrogens with two attached hydrogens (primary N) is 1. The van der Waals surface area contributed by atoms with Gasteiger partial charge in [0, 0.05) is 17.8 Å². The van der Waals surface area contributed by atoms with E-state index in [1.165, 1.54) is 18.5 Å². The average Bonchev–Trinajstić information content (AvgIpc) is 2.56. The van der Waals surface area contributed by atoms with Gasteiger partial charge in [0.2, 0.25) is 5.95 Å². The van der Waals surface area contributed by atoms with Gasteiger partial charge in [0.05, 0.1) is 10.7 Å². The van der Waals surface area contributed by atoms with Gasteiger partial charge >= 0.3 is 0 Å². The van der Waals surface area contributed by atoms with Crippen molar-refractivity contribution in [2.45, 2.75) is 26.3 Å². The van der Waals surface area contributed by atoms with E-state index in [9.17, 15) is 4.39 Å². The van der Waals surface area contributed by atoms with Crippen molar-refractivity contribution in [3.63, 3.8) is 0 Å². The molecule has 2 heterocycles. The van der Waals surface area contributed by atoms with Crippen LogP contribution in [0.1, 0.15) is 19.5 Å². The van der Waals surface area contributed by atoms with E-state index in [-0.39, 0.29) is 5.02 Å². The number of hydrogen-bond donors (Lipinski definition) is 3. The Balaban J connectivity index is 1.99. The Bertz CT molecular complexity index is 956. The molecule has 0 aliphatic rings. The number of hydrogen-bond acceptors (Lipinski definition) is 7. The molecule has 0 spiro atoms. The Morgan fingerprint density at radius 2 is 1.96 bits per heavy atom. The normalized spacial score (nSPS) is 11.6. The summed E-state index contributed by atoms with van der Waals surface area (Å²) in [5.74, 6) is 0.417. The fourth-order valence-electron chi connectivity index (χ4n) is 2.28. The molecule has 0 aliphatic heterocycles. The largest absolute Gasteiger partial charge is 0.352 e. The van der Waals surface area contributed by atoms with E-state index in [4.69, 9.17) is 17.3 Å². The Hall–Kier alpha value is -2.58. The third-order valence-corrected chi connectivity index (χ3v) is 3.83. The molecule has 3 rings (SSSR count). The first-order chi connectivity index (χ1) is 12.2. The van der Waals surface area contributed by atoms with Crippen molar-refractivity contribution in [3.8, 4) is 0 Å². The average molecular weight is 376 g/mol. The van der Waals surface area contributed by atoms with Crippen molar-refractivity contribution in [3.05, 3.63) is 41.1 Å². The van der Waals surface area contributed by atoms with Crippen LogP contribution >= 0.6 is 11.6 Å². The fourth-order valence-corrected chi connectivity index (χ4v) is 2.46. The molecule has 0 radical (unpaired) electrons. The summed E-state index contributed by atoms with van der Waals surface area (Å²) in [6.07, 6.45) is 1.42. The Morgan fingerprint density at radius 3 is 2.65 bits per heavy atom. The lowest BCUT2D eigenvalue weighted by molar-refractivity contribution is 0.547. The SMILES string of the molecule is Cc1nc(NCC(C)(C)N)nc2c(Nc3ccc(F)c(Cl)c3)ncnc12. The maximum atomic E-state index is 13.4. The van der Waals surface area contributed by atoms with Gasteiger partial charge in [0.15, 0.2) is 5.82 Å². The van der Waals surface area contributed by atoms with Crippen LogP contribution in [0.2, 0.25) is 5.02 Å². The molecule has 7 nitrogen and oxygen atoms in total. The molecule has 0 saturated heterocycles. The van der Waals surface area contributed by atoms with Crippen molar-refractivity contribution in [2.24, 2.45) is 5.73 Å². The number of nitrogens with zero attached hydrogens (tertiary/aromatic N) is 4. The molecule has 2 aromatic heterocycles. The first-order valence-electron chi connectivity index (χ1n) is 7.97. The number of halogens is 2. The van der Waals surface area contributed by atoms with Gasteiger partial charge in [-0.25, -0.2) is 24.3 Å². The van der Waals surface area contributed by atoms with Gasteiger partial charge in [-0.05, 0) is 39.0 Å². The van der Waals surface area contributed by atoms with Crippen LogP contribution < -0.4 is 16.4 Å². The third kappa shape index (κ3) is 4.14. The van der Waals surface area contributed by atoms with E-state index >= 15 is 0 Å². The molecule has 0 bridgehead atoms. The highest BCUT2D eigenvalue weighted by Gasteiger charge is 2.14. The highest BCUT2D eigenvalue weighted by Crippen LogP contribution is 2.26. The summed E-state index contributed by atoms with van der Waals surface area (Å²) in [4.78, 5) is 17.4. The quantitative estimate of drug-likeness (QED) is 0.628. The lowest BCUT2D eigenvalue weighted by Gasteiger charge is -2.19. The molecule has 136 valence electrons. The summed E-state index contributed by atoms with van der Waals surface area (Å²) in [6.45, 7) is 6.15. The zero-order chi connectivity index (χ0) is 18.9. The molecule has 3 aromatic rings. The number of nitrogens with one attached hydrogen (secondary N) is 2. The summed E-state index contributed by atoms with van der Waals surface area (Å²) in [5, 5.41) is 6.24. The predicted molar refractivity (Wildman–Crippen MR) is 101 cm³/mol. The smallest absolute Gasteiger partial charge is 0.223 e. The maximum Gasteiger partial charge on any atom is 0.223 e. The molecule has 0 saturated carbocycles. The second-order valence-corrected chi connectivity index (χ2v) is 7.06. The maximum absolute atomic E-state index is 13.4. The Labute approximate surface area is 155 Å². The molecule has 26 heavy (non-hydrogen) atoms. The Kier molecular flexibility index (Phi) is 4.88. The van der Waals surface area contributed by atoms with Gasteiger partial charge in [-0.1, -0.05) is 11.6 Å². The highest BCUT2D eigenvalue weighted by molar-refractivity contribution is 6.31. The monoisotopic (exact) mass is 375 g/mol. The summed E-state index contributed by atoms with van der Waals surface area (Å²) in [7, 11) is 0. The molecule has 0 atom stereocenters. The zero-order valence-corrected chi connectivity index (χ0v) is 15.4. The van der Waals surface area contributed by atoms with Crippen molar-refractivity contribution in [1.29, 1.82) is 0 Å². The van der Waals surface area contributed by atoms with Gasteiger partial charge in [-0.2, -0.15) is 0 Å². The minimum absolute atomic E-state index is 0.0201. The summed E-state index contributed by atoms with van der Waals surface area (Å²) < 4.78 is 13.4. The van der Waals surface area contributed by atoms with E-state index in [1.54, 1.807) is 6.07 Å². The van der Waals surface area contributed by atoms with Gasteiger partial charge in [0.25, 0.3) is 0 Å². The van der Waals surface area contributed by atoms with Crippen molar-refractivity contribution in [2.75, 3.05) is 17.2 Å². The molecule has 0 aliphatic carbocycles. The number of aryl methyl sites for hydroxylation is 1.